The smallest absolute Gasteiger partial charge is 0.306 e. The number of nitro benzene ring substituents is 1. The summed E-state index contributed by atoms with van der Waals surface area (Å²) >= 11 is 0. The van der Waals surface area contributed by atoms with Crippen molar-refractivity contribution in [3.05, 3.63) is 64.2 Å². The highest BCUT2D eigenvalue weighted by molar-refractivity contribution is 5.69. The summed E-state index contributed by atoms with van der Waals surface area (Å²) in [5.41, 5.74) is 1.31. The van der Waals surface area contributed by atoms with Crippen LogP contribution in [0.4, 0.5) is 11.4 Å². The maximum Gasteiger partial charge on any atom is 0.306 e. The van der Waals surface area contributed by atoms with E-state index in [9.17, 15) is 14.9 Å². The second-order valence-electron chi connectivity index (χ2n) is 5.32. The Morgan fingerprint density at radius 3 is 2.76 bits per heavy atom. The molecule has 0 spiro atoms. The maximum atomic E-state index is 11.8. The molecular weight excluding hydrogens is 324 g/mol. The molecule has 0 amide bonds. The minimum absolute atomic E-state index is 0.0168. The third kappa shape index (κ3) is 5.80. The Hall–Kier alpha value is -3.09. The van der Waals surface area contributed by atoms with Crippen molar-refractivity contribution in [2.75, 3.05) is 19.0 Å². The van der Waals surface area contributed by atoms with Crippen molar-refractivity contribution in [2.45, 2.75) is 19.4 Å². The van der Waals surface area contributed by atoms with Crippen molar-refractivity contribution in [1.29, 1.82) is 0 Å². The van der Waals surface area contributed by atoms with E-state index in [2.05, 4.69) is 5.32 Å². The van der Waals surface area contributed by atoms with Crippen molar-refractivity contribution in [1.82, 2.24) is 0 Å². The van der Waals surface area contributed by atoms with E-state index in [4.69, 9.17) is 9.47 Å². The van der Waals surface area contributed by atoms with Gasteiger partial charge in [0, 0.05) is 19.0 Å². The number of anilines is 1. The van der Waals surface area contributed by atoms with E-state index in [0.29, 0.717) is 24.4 Å². The molecule has 7 heteroatoms. The second kappa shape index (κ2) is 9.27. The lowest BCUT2D eigenvalue weighted by molar-refractivity contribution is -0.384. The summed E-state index contributed by atoms with van der Waals surface area (Å²) in [6, 6.07) is 13.7. The van der Waals surface area contributed by atoms with Crippen LogP contribution in [0.25, 0.3) is 0 Å². The molecule has 0 saturated carbocycles. The molecule has 2 rings (SSSR count). The fraction of sp³-hybridized carbons (Fsp3) is 0.278. The summed E-state index contributed by atoms with van der Waals surface area (Å²) in [6.45, 7) is 0.632. The standard InChI is InChI=1S/C18H20N2O5/c1-24-15-7-4-6-14(12-15)13-25-18(21)10-5-11-19-16-8-2-3-9-17(16)20(22)23/h2-4,6-9,12,19H,5,10-11,13H2,1H3. The molecule has 0 aliphatic carbocycles. The molecule has 2 aromatic rings. The zero-order valence-corrected chi connectivity index (χ0v) is 13.9. The quantitative estimate of drug-likeness (QED) is 0.324. The molecule has 0 aliphatic heterocycles. The van der Waals surface area contributed by atoms with Gasteiger partial charge in [-0.2, -0.15) is 0 Å². The number of nitrogens with zero attached hydrogens (tertiary/aromatic N) is 1. The number of nitrogens with one attached hydrogen (secondary N) is 1. The lowest BCUT2D eigenvalue weighted by Gasteiger charge is -2.08. The highest BCUT2D eigenvalue weighted by atomic mass is 16.6. The molecule has 0 radical (unpaired) electrons. The minimum Gasteiger partial charge on any atom is -0.497 e. The van der Waals surface area contributed by atoms with Crippen LogP contribution in [0.5, 0.6) is 5.75 Å². The van der Waals surface area contributed by atoms with E-state index in [0.717, 1.165) is 5.56 Å². The van der Waals surface area contributed by atoms with E-state index in [1.165, 1.54) is 6.07 Å². The largest absolute Gasteiger partial charge is 0.497 e. The lowest BCUT2D eigenvalue weighted by Crippen LogP contribution is -2.09. The zero-order chi connectivity index (χ0) is 18.1. The van der Waals surface area contributed by atoms with Gasteiger partial charge in [-0.25, -0.2) is 0 Å². The van der Waals surface area contributed by atoms with Gasteiger partial charge in [0.05, 0.1) is 12.0 Å². The molecule has 132 valence electrons. The molecule has 2 aromatic carbocycles. The SMILES string of the molecule is COc1cccc(COC(=O)CCCNc2ccccc2[N+](=O)[O-])c1. The van der Waals surface area contributed by atoms with Gasteiger partial charge in [-0.05, 0) is 30.2 Å². The van der Waals surface area contributed by atoms with Gasteiger partial charge in [-0.1, -0.05) is 24.3 Å². The number of hydrogen-bond acceptors (Lipinski definition) is 6. The van der Waals surface area contributed by atoms with Crippen LogP contribution in [-0.2, 0) is 16.1 Å². The number of benzene rings is 2. The van der Waals surface area contributed by atoms with Crippen molar-refractivity contribution < 1.29 is 19.2 Å². The first-order chi connectivity index (χ1) is 12.1. The third-order valence-corrected chi connectivity index (χ3v) is 3.51. The van der Waals surface area contributed by atoms with Crippen LogP contribution in [-0.4, -0.2) is 24.5 Å². The highest BCUT2D eigenvalue weighted by Gasteiger charge is 2.11. The van der Waals surface area contributed by atoms with Gasteiger partial charge in [-0.3, -0.25) is 14.9 Å². The van der Waals surface area contributed by atoms with Crippen LogP contribution in [0.2, 0.25) is 0 Å². The van der Waals surface area contributed by atoms with E-state index >= 15 is 0 Å². The van der Waals surface area contributed by atoms with Crippen LogP contribution in [0.1, 0.15) is 18.4 Å². The fourth-order valence-electron chi connectivity index (χ4n) is 2.24. The molecule has 0 heterocycles. The molecule has 7 nitrogen and oxygen atoms in total. The number of ether oxygens (including phenoxy) is 2. The molecular formula is C18H20N2O5. The van der Waals surface area contributed by atoms with Gasteiger partial charge < -0.3 is 14.8 Å². The second-order valence-corrected chi connectivity index (χ2v) is 5.32. The molecule has 0 aliphatic rings. The molecule has 0 fully saturated rings. The molecule has 0 atom stereocenters. The average Bonchev–Trinajstić information content (AvgIpc) is 2.64. The normalized spacial score (nSPS) is 10.1. The third-order valence-electron chi connectivity index (χ3n) is 3.51. The Bertz CT molecular complexity index is 733. The van der Waals surface area contributed by atoms with Gasteiger partial charge in [0.1, 0.15) is 18.0 Å². The number of hydrogen-bond donors (Lipinski definition) is 1. The van der Waals surface area contributed by atoms with Crippen LogP contribution in [0, 0.1) is 10.1 Å². The predicted molar refractivity (Wildman–Crippen MR) is 93.6 cm³/mol. The number of carbonyl (C=O) groups is 1. The van der Waals surface area contributed by atoms with Gasteiger partial charge in [0.2, 0.25) is 0 Å². The monoisotopic (exact) mass is 344 g/mol. The van der Waals surface area contributed by atoms with Crippen LogP contribution in [0.3, 0.4) is 0 Å². The van der Waals surface area contributed by atoms with E-state index in [1.54, 1.807) is 25.3 Å². The molecule has 0 aromatic heterocycles. The van der Waals surface area contributed by atoms with Crippen LogP contribution in [0.15, 0.2) is 48.5 Å². The maximum absolute atomic E-state index is 11.8. The zero-order valence-electron chi connectivity index (χ0n) is 13.9. The van der Waals surface area contributed by atoms with Crippen molar-refractivity contribution in [2.24, 2.45) is 0 Å². The number of para-hydroxylation sites is 2. The molecule has 25 heavy (non-hydrogen) atoms. The Labute approximate surface area is 145 Å². The summed E-state index contributed by atoms with van der Waals surface area (Å²) in [5.74, 6) is 0.398. The lowest BCUT2D eigenvalue weighted by atomic mass is 10.2. The first-order valence-corrected chi connectivity index (χ1v) is 7.86. The Morgan fingerprint density at radius 2 is 2.00 bits per heavy atom. The summed E-state index contributed by atoms with van der Waals surface area (Å²) in [6.07, 6.45) is 0.751. The number of carbonyl (C=O) groups excluding carboxylic acids is 1. The fourth-order valence-corrected chi connectivity index (χ4v) is 2.24. The van der Waals surface area contributed by atoms with Crippen molar-refractivity contribution in [3.8, 4) is 5.75 Å². The average molecular weight is 344 g/mol. The Balaban J connectivity index is 1.71. The first kappa shape index (κ1) is 18.3. The van der Waals surface area contributed by atoms with Crippen LogP contribution < -0.4 is 10.1 Å². The summed E-state index contributed by atoms with van der Waals surface area (Å²) in [5, 5.41) is 13.9. The Kier molecular flexibility index (Phi) is 6.76. The summed E-state index contributed by atoms with van der Waals surface area (Å²) in [7, 11) is 1.58. The van der Waals surface area contributed by atoms with E-state index < -0.39 is 4.92 Å². The molecule has 0 unspecified atom stereocenters. The number of nitro groups is 1. The van der Waals surface area contributed by atoms with Crippen molar-refractivity contribution >= 4 is 17.3 Å². The van der Waals surface area contributed by atoms with Gasteiger partial charge >= 0.3 is 5.97 Å². The van der Waals surface area contributed by atoms with E-state index in [-0.39, 0.29) is 24.7 Å². The van der Waals surface area contributed by atoms with Crippen molar-refractivity contribution in [3.63, 3.8) is 0 Å². The minimum atomic E-state index is -0.440. The summed E-state index contributed by atoms with van der Waals surface area (Å²) in [4.78, 5) is 22.2. The molecule has 0 saturated heterocycles. The predicted octanol–water partition coefficient (Wildman–Crippen LogP) is 3.54. The molecule has 0 bridgehead atoms. The number of rotatable bonds is 9. The number of methoxy groups -OCH3 is 1. The van der Waals surface area contributed by atoms with Gasteiger partial charge in [0.15, 0.2) is 0 Å². The van der Waals surface area contributed by atoms with E-state index in [1.807, 2.05) is 24.3 Å². The molecule has 1 N–H and O–H groups in total. The Morgan fingerprint density at radius 1 is 1.20 bits per heavy atom. The van der Waals surface area contributed by atoms with Crippen LogP contribution >= 0.6 is 0 Å². The first-order valence-electron chi connectivity index (χ1n) is 7.86. The number of esters is 1. The topological polar surface area (TPSA) is 90.7 Å². The van der Waals surface area contributed by atoms with Gasteiger partial charge in [-0.15, -0.1) is 0 Å². The van der Waals surface area contributed by atoms with Gasteiger partial charge in [0.25, 0.3) is 5.69 Å². The summed E-state index contributed by atoms with van der Waals surface area (Å²) < 4.78 is 10.3. The highest BCUT2D eigenvalue weighted by Crippen LogP contribution is 2.23.